The molecule has 23 heavy (non-hydrogen) atoms. The minimum absolute atomic E-state index is 0.544. The fraction of sp³-hybridized carbons (Fsp3) is 0.364. The van der Waals surface area contributed by atoms with Crippen molar-refractivity contribution >= 4 is 5.69 Å². The van der Waals surface area contributed by atoms with Gasteiger partial charge in [0.25, 0.3) is 0 Å². The number of rotatable bonds is 1. The summed E-state index contributed by atoms with van der Waals surface area (Å²) in [6.07, 6.45) is 2.29. The van der Waals surface area contributed by atoms with Gasteiger partial charge in [-0.3, -0.25) is 0 Å². The molecule has 4 rings (SSSR count). The van der Waals surface area contributed by atoms with Crippen LogP contribution < -0.4 is 4.90 Å². The molecule has 0 radical (unpaired) electrons. The summed E-state index contributed by atoms with van der Waals surface area (Å²) in [6, 6.07) is 20.1. The molecule has 2 aromatic carbocycles. The first-order chi connectivity index (χ1) is 11.3. The molecule has 2 aromatic rings. The highest BCUT2D eigenvalue weighted by Gasteiger charge is 2.41. The van der Waals surface area contributed by atoms with Crippen molar-refractivity contribution in [1.82, 2.24) is 0 Å². The van der Waals surface area contributed by atoms with E-state index in [4.69, 9.17) is 0 Å². The van der Waals surface area contributed by atoms with Gasteiger partial charge >= 0.3 is 0 Å². The van der Waals surface area contributed by atoms with Crippen molar-refractivity contribution in [1.29, 1.82) is 0 Å². The molecule has 2 atom stereocenters. The van der Waals surface area contributed by atoms with Crippen molar-refractivity contribution in [2.45, 2.75) is 52.5 Å². The zero-order valence-electron chi connectivity index (χ0n) is 14.9. The summed E-state index contributed by atoms with van der Waals surface area (Å²) in [5.74, 6) is 0.614. The van der Waals surface area contributed by atoms with Crippen molar-refractivity contribution in [2.24, 2.45) is 0 Å². The highest BCUT2D eigenvalue weighted by atomic mass is 15.2. The zero-order chi connectivity index (χ0) is 16.8. The molecule has 0 aliphatic carbocycles. The second-order valence-corrected chi connectivity index (χ2v) is 5.56. The third-order valence-electron chi connectivity index (χ3n) is 4.47. The summed E-state index contributed by atoms with van der Waals surface area (Å²) in [5.41, 5.74) is 5.57. The third-order valence-corrected chi connectivity index (χ3v) is 4.47. The standard InChI is InChI=1S/C18H17N.2C2H6/c1-13-11-15(14-7-3-2-4-8-14)12-18-16-9-5-6-10-17(16)19(13)18;2*1-2/h2-10,15,18H,1,11-12H2;2*1-2H3. The molecule has 2 aliphatic heterocycles. The van der Waals surface area contributed by atoms with E-state index in [1.165, 1.54) is 28.9 Å². The number of hydrogen-bond acceptors (Lipinski definition) is 1. The predicted molar refractivity (Wildman–Crippen MR) is 102 cm³/mol. The van der Waals surface area contributed by atoms with E-state index in [1.54, 1.807) is 0 Å². The molecule has 2 aliphatic rings. The van der Waals surface area contributed by atoms with Gasteiger partial charge in [0, 0.05) is 11.4 Å². The predicted octanol–water partition coefficient (Wildman–Crippen LogP) is 6.69. The van der Waals surface area contributed by atoms with Gasteiger partial charge in [-0.05, 0) is 36.0 Å². The summed E-state index contributed by atoms with van der Waals surface area (Å²) in [6.45, 7) is 12.3. The molecule has 0 bridgehead atoms. The number of piperidine rings is 1. The summed E-state index contributed by atoms with van der Waals surface area (Å²) in [4.78, 5) is 2.43. The Balaban J connectivity index is 0.000000448. The SMILES string of the molecule is C=C1CC(c2ccccc2)CC2c3ccccc3N12.CC.CC. The minimum atomic E-state index is 0.544. The van der Waals surface area contributed by atoms with Crippen LogP contribution in [0.15, 0.2) is 66.9 Å². The molecular weight excluding hydrogens is 278 g/mol. The van der Waals surface area contributed by atoms with Crippen LogP contribution in [-0.2, 0) is 0 Å². The van der Waals surface area contributed by atoms with E-state index in [-0.39, 0.29) is 0 Å². The average Bonchev–Trinajstić information content (AvgIpc) is 2.63. The van der Waals surface area contributed by atoms with Gasteiger partial charge < -0.3 is 4.90 Å². The van der Waals surface area contributed by atoms with Crippen LogP contribution in [0.4, 0.5) is 5.69 Å². The molecule has 1 nitrogen and oxygen atoms in total. The van der Waals surface area contributed by atoms with E-state index in [0.717, 1.165) is 6.42 Å². The first-order valence-electron chi connectivity index (χ1n) is 8.95. The van der Waals surface area contributed by atoms with E-state index in [0.29, 0.717) is 12.0 Å². The Morgan fingerprint density at radius 1 is 0.870 bits per heavy atom. The van der Waals surface area contributed by atoms with Crippen molar-refractivity contribution < 1.29 is 0 Å². The van der Waals surface area contributed by atoms with Gasteiger partial charge in [0.05, 0.1) is 6.04 Å². The minimum Gasteiger partial charge on any atom is -0.338 e. The number of hydrogen-bond donors (Lipinski definition) is 0. The Bertz CT molecular complexity index is 629. The topological polar surface area (TPSA) is 3.24 Å². The molecule has 0 saturated carbocycles. The Morgan fingerprint density at radius 2 is 1.48 bits per heavy atom. The molecule has 2 unspecified atom stereocenters. The number of para-hydroxylation sites is 1. The monoisotopic (exact) mass is 307 g/mol. The molecule has 1 heteroatoms. The molecular formula is C22H29N. The first kappa shape index (κ1) is 17.3. The number of allylic oxidation sites excluding steroid dienone is 1. The average molecular weight is 307 g/mol. The van der Waals surface area contributed by atoms with E-state index in [1.807, 2.05) is 27.7 Å². The third kappa shape index (κ3) is 3.19. The highest BCUT2D eigenvalue weighted by Crippen LogP contribution is 2.54. The lowest BCUT2D eigenvalue weighted by Gasteiger charge is -2.51. The smallest absolute Gasteiger partial charge is 0.0614 e. The highest BCUT2D eigenvalue weighted by molar-refractivity contribution is 5.70. The molecule has 1 saturated heterocycles. The summed E-state index contributed by atoms with van der Waals surface area (Å²) in [5, 5.41) is 0. The summed E-state index contributed by atoms with van der Waals surface area (Å²) >= 11 is 0. The van der Waals surface area contributed by atoms with Gasteiger partial charge in [-0.25, -0.2) is 0 Å². The van der Waals surface area contributed by atoms with Crippen molar-refractivity contribution in [3.63, 3.8) is 0 Å². The van der Waals surface area contributed by atoms with E-state index >= 15 is 0 Å². The van der Waals surface area contributed by atoms with Crippen molar-refractivity contribution in [2.75, 3.05) is 4.90 Å². The molecule has 0 N–H and O–H groups in total. The van der Waals surface area contributed by atoms with E-state index < -0.39 is 0 Å². The number of benzene rings is 2. The van der Waals surface area contributed by atoms with Gasteiger partial charge in [0.2, 0.25) is 0 Å². The Kier molecular flexibility index (Phi) is 6.04. The van der Waals surface area contributed by atoms with Crippen molar-refractivity contribution in [3.8, 4) is 0 Å². The van der Waals surface area contributed by atoms with Crippen LogP contribution in [0.3, 0.4) is 0 Å². The maximum Gasteiger partial charge on any atom is 0.0614 e. The maximum atomic E-state index is 4.30. The number of anilines is 1. The van der Waals surface area contributed by atoms with Gasteiger partial charge in [0.15, 0.2) is 0 Å². The molecule has 0 spiro atoms. The van der Waals surface area contributed by atoms with Crippen LogP contribution in [0.2, 0.25) is 0 Å². The Morgan fingerprint density at radius 3 is 2.17 bits per heavy atom. The second-order valence-electron chi connectivity index (χ2n) is 5.56. The Hall–Kier alpha value is -2.02. The van der Waals surface area contributed by atoms with Crippen LogP contribution >= 0.6 is 0 Å². The van der Waals surface area contributed by atoms with Crippen LogP contribution in [0.1, 0.15) is 63.6 Å². The largest absolute Gasteiger partial charge is 0.338 e. The first-order valence-corrected chi connectivity index (χ1v) is 8.95. The zero-order valence-corrected chi connectivity index (χ0v) is 14.9. The maximum absolute atomic E-state index is 4.30. The van der Waals surface area contributed by atoms with Gasteiger partial charge in [-0.15, -0.1) is 0 Å². The van der Waals surface area contributed by atoms with Crippen LogP contribution in [0.25, 0.3) is 0 Å². The second kappa shape index (κ2) is 8.01. The lowest BCUT2D eigenvalue weighted by molar-refractivity contribution is 0.436. The van der Waals surface area contributed by atoms with Crippen LogP contribution in [0.5, 0.6) is 0 Å². The lowest BCUT2D eigenvalue weighted by atomic mass is 9.76. The fourth-order valence-corrected chi connectivity index (χ4v) is 3.57. The number of nitrogens with zero attached hydrogens (tertiary/aromatic N) is 1. The lowest BCUT2D eigenvalue weighted by Crippen LogP contribution is -2.41. The van der Waals surface area contributed by atoms with Crippen LogP contribution in [0, 0.1) is 0 Å². The molecule has 0 aromatic heterocycles. The van der Waals surface area contributed by atoms with Crippen LogP contribution in [-0.4, -0.2) is 0 Å². The molecule has 0 amide bonds. The van der Waals surface area contributed by atoms with Gasteiger partial charge in [-0.1, -0.05) is 82.8 Å². The molecule has 2 heterocycles. The Labute approximate surface area is 141 Å². The number of fused-ring (bicyclic) bond motifs is 4. The summed E-state index contributed by atoms with van der Waals surface area (Å²) < 4.78 is 0. The summed E-state index contributed by atoms with van der Waals surface area (Å²) in [7, 11) is 0. The van der Waals surface area contributed by atoms with E-state index in [9.17, 15) is 0 Å². The van der Waals surface area contributed by atoms with Gasteiger partial charge in [0.1, 0.15) is 0 Å². The normalized spacial score (nSPS) is 20.7. The van der Waals surface area contributed by atoms with Crippen molar-refractivity contribution in [3.05, 3.63) is 78.0 Å². The quantitative estimate of drug-likeness (QED) is 0.567. The fourth-order valence-electron chi connectivity index (χ4n) is 3.57. The molecule has 122 valence electrons. The van der Waals surface area contributed by atoms with E-state index in [2.05, 4.69) is 66.1 Å². The van der Waals surface area contributed by atoms with Gasteiger partial charge in [-0.2, -0.15) is 0 Å². The molecule has 1 fully saturated rings.